The topological polar surface area (TPSA) is 29.5 Å². The van der Waals surface area contributed by atoms with E-state index in [0.29, 0.717) is 5.56 Å². The molecule has 0 heterocycles. The molecular formula is C18H21NO2. The van der Waals surface area contributed by atoms with Crippen molar-refractivity contribution in [1.29, 1.82) is 0 Å². The van der Waals surface area contributed by atoms with E-state index in [2.05, 4.69) is 17.0 Å². The van der Waals surface area contributed by atoms with Crippen LogP contribution in [0.5, 0.6) is 5.75 Å². The summed E-state index contributed by atoms with van der Waals surface area (Å²) in [5.41, 5.74) is 3.97. The average Bonchev–Trinajstić information content (AvgIpc) is 2.46. The Hall–Kier alpha value is -2.13. The molecule has 3 heteroatoms. The lowest BCUT2D eigenvalue weighted by Crippen LogP contribution is -2.11. The van der Waals surface area contributed by atoms with Gasteiger partial charge in [-0.1, -0.05) is 24.3 Å². The van der Waals surface area contributed by atoms with Gasteiger partial charge < -0.3 is 9.64 Å². The number of rotatable bonds is 5. The van der Waals surface area contributed by atoms with E-state index in [1.807, 2.05) is 38.4 Å². The summed E-state index contributed by atoms with van der Waals surface area (Å²) >= 11 is 0. The van der Waals surface area contributed by atoms with Gasteiger partial charge in [0.25, 0.3) is 0 Å². The van der Waals surface area contributed by atoms with Gasteiger partial charge in [0, 0.05) is 17.7 Å². The van der Waals surface area contributed by atoms with Crippen molar-refractivity contribution in [2.24, 2.45) is 0 Å². The molecule has 0 unspecified atom stereocenters. The Kier molecular flexibility index (Phi) is 4.76. The largest absolute Gasteiger partial charge is 0.496 e. The van der Waals surface area contributed by atoms with Crippen LogP contribution in [0.4, 0.5) is 0 Å². The van der Waals surface area contributed by atoms with E-state index >= 15 is 0 Å². The van der Waals surface area contributed by atoms with Gasteiger partial charge >= 0.3 is 0 Å². The first kappa shape index (κ1) is 15.3. The third-order valence-electron chi connectivity index (χ3n) is 3.40. The molecule has 110 valence electrons. The number of methoxy groups -OCH3 is 1. The molecule has 2 aromatic carbocycles. The zero-order chi connectivity index (χ0) is 15.4. The van der Waals surface area contributed by atoms with Crippen molar-refractivity contribution < 1.29 is 9.53 Å². The van der Waals surface area contributed by atoms with Gasteiger partial charge in [0.15, 0.2) is 5.78 Å². The van der Waals surface area contributed by atoms with Crippen LogP contribution in [0.2, 0.25) is 0 Å². The summed E-state index contributed by atoms with van der Waals surface area (Å²) in [6, 6.07) is 13.8. The maximum absolute atomic E-state index is 11.6. The van der Waals surface area contributed by atoms with Crippen LogP contribution < -0.4 is 4.74 Å². The number of ether oxygens (including phenoxy) is 1. The lowest BCUT2D eigenvalue weighted by atomic mass is 9.96. The molecule has 0 atom stereocenters. The molecule has 0 saturated heterocycles. The summed E-state index contributed by atoms with van der Waals surface area (Å²) in [5, 5.41) is 0. The van der Waals surface area contributed by atoms with E-state index in [4.69, 9.17) is 4.74 Å². The van der Waals surface area contributed by atoms with Crippen LogP contribution in [-0.2, 0) is 6.54 Å². The van der Waals surface area contributed by atoms with Gasteiger partial charge in [-0.25, -0.2) is 0 Å². The number of carbonyl (C=O) groups is 1. The standard InChI is InChI=1S/C18H21NO2/c1-13(20)14-9-10-18(21-4)17(11-14)16-8-6-5-7-15(16)12-19(2)3/h5-11H,12H2,1-4H3. The molecule has 0 radical (unpaired) electrons. The first-order valence-electron chi connectivity index (χ1n) is 6.95. The Labute approximate surface area is 126 Å². The Morgan fingerprint density at radius 1 is 1.10 bits per heavy atom. The molecule has 2 aromatic rings. The van der Waals surface area contributed by atoms with Crippen LogP contribution in [0.1, 0.15) is 22.8 Å². The smallest absolute Gasteiger partial charge is 0.159 e. The molecule has 0 aliphatic heterocycles. The minimum absolute atomic E-state index is 0.0593. The molecule has 0 N–H and O–H groups in total. The van der Waals surface area contributed by atoms with Gasteiger partial charge in [0.05, 0.1) is 7.11 Å². The van der Waals surface area contributed by atoms with Crippen molar-refractivity contribution in [3.05, 3.63) is 53.6 Å². The summed E-state index contributed by atoms with van der Waals surface area (Å²) in [7, 11) is 5.74. The maximum atomic E-state index is 11.6. The molecule has 21 heavy (non-hydrogen) atoms. The van der Waals surface area contributed by atoms with Crippen molar-refractivity contribution in [2.75, 3.05) is 21.2 Å². The van der Waals surface area contributed by atoms with E-state index in [9.17, 15) is 4.79 Å². The second-order valence-corrected chi connectivity index (χ2v) is 5.37. The Bertz CT molecular complexity index is 647. The van der Waals surface area contributed by atoms with E-state index < -0.39 is 0 Å². The highest BCUT2D eigenvalue weighted by molar-refractivity contribution is 5.96. The molecule has 0 spiro atoms. The molecule has 3 nitrogen and oxygen atoms in total. The lowest BCUT2D eigenvalue weighted by molar-refractivity contribution is 0.101. The van der Waals surface area contributed by atoms with E-state index in [-0.39, 0.29) is 5.78 Å². The molecule has 0 saturated carbocycles. The number of nitrogens with zero attached hydrogens (tertiary/aromatic N) is 1. The zero-order valence-corrected chi connectivity index (χ0v) is 13.0. The number of Topliss-reactive ketones (excluding diaryl/α,β-unsaturated/α-hetero) is 1. The fourth-order valence-electron chi connectivity index (χ4n) is 2.40. The fourth-order valence-corrected chi connectivity index (χ4v) is 2.40. The highest BCUT2D eigenvalue weighted by Crippen LogP contribution is 2.33. The molecule has 0 aliphatic rings. The van der Waals surface area contributed by atoms with E-state index in [1.165, 1.54) is 5.56 Å². The predicted octanol–water partition coefficient (Wildman–Crippen LogP) is 3.63. The molecule has 0 aromatic heterocycles. The number of benzene rings is 2. The van der Waals surface area contributed by atoms with Crippen molar-refractivity contribution in [2.45, 2.75) is 13.5 Å². The Balaban J connectivity index is 2.59. The summed E-state index contributed by atoms with van der Waals surface area (Å²) in [6.45, 7) is 2.42. The van der Waals surface area contributed by atoms with Crippen LogP contribution in [0.25, 0.3) is 11.1 Å². The van der Waals surface area contributed by atoms with Crippen LogP contribution in [-0.4, -0.2) is 31.9 Å². The monoisotopic (exact) mass is 283 g/mol. The van der Waals surface area contributed by atoms with E-state index in [1.54, 1.807) is 20.1 Å². The van der Waals surface area contributed by atoms with Crippen molar-refractivity contribution >= 4 is 5.78 Å². The van der Waals surface area contributed by atoms with Gasteiger partial charge in [-0.15, -0.1) is 0 Å². The lowest BCUT2D eigenvalue weighted by Gasteiger charge is -2.16. The van der Waals surface area contributed by atoms with Crippen LogP contribution >= 0.6 is 0 Å². The quantitative estimate of drug-likeness (QED) is 0.785. The maximum Gasteiger partial charge on any atom is 0.159 e. The highest BCUT2D eigenvalue weighted by atomic mass is 16.5. The fraction of sp³-hybridized carbons (Fsp3) is 0.278. The Morgan fingerprint density at radius 2 is 1.81 bits per heavy atom. The highest BCUT2D eigenvalue weighted by Gasteiger charge is 2.12. The molecule has 2 rings (SSSR count). The predicted molar refractivity (Wildman–Crippen MR) is 85.8 cm³/mol. The van der Waals surface area contributed by atoms with Gasteiger partial charge in [0.1, 0.15) is 5.75 Å². The van der Waals surface area contributed by atoms with Crippen LogP contribution in [0, 0.1) is 0 Å². The minimum Gasteiger partial charge on any atom is -0.496 e. The first-order valence-corrected chi connectivity index (χ1v) is 6.95. The van der Waals surface area contributed by atoms with E-state index in [0.717, 1.165) is 23.4 Å². The van der Waals surface area contributed by atoms with Crippen molar-refractivity contribution in [3.63, 3.8) is 0 Å². The second-order valence-electron chi connectivity index (χ2n) is 5.37. The number of hydrogen-bond donors (Lipinski definition) is 0. The molecule has 0 bridgehead atoms. The summed E-state index contributed by atoms with van der Waals surface area (Å²) in [6.07, 6.45) is 0. The number of ketones is 1. The SMILES string of the molecule is COc1ccc(C(C)=O)cc1-c1ccccc1CN(C)C. The number of carbonyl (C=O) groups excluding carboxylic acids is 1. The van der Waals surface area contributed by atoms with Gasteiger partial charge in [-0.2, -0.15) is 0 Å². The molecular weight excluding hydrogens is 262 g/mol. The first-order chi connectivity index (χ1) is 10.0. The molecule has 0 amide bonds. The number of hydrogen-bond acceptors (Lipinski definition) is 3. The summed E-state index contributed by atoms with van der Waals surface area (Å²) < 4.78 is 5.47. The van der Waals surface area contributed by atoms with Crippen molar-refractivity contribution in [1.82, 2.24) is 4.90 Å². The Morgan fingerprint density at radius 3 is 2.43 bits per heavy atom. The third kappa shape index (κ3) is 3.50. The van der Waals surface area contributed by atoms with Crippen molar-refractivity contribution in [3.8, 4) is 16.9 Å². The third-order valence-corrected chi connectivity index (χ3v) is 3.40. The molecule has 0 aliphatic carbocycles. The summed E-state index contributed by atoms with van der Waals surface area (Å²) in [5.74, 6) is 0.843. The normalized spacial score (nSPS) is 10.7. The second kappa shape index (κ2) is 6.55. The average molecular weight is 283 g/mol. The summed E-state index contributed by atoms with van der Waals surface area (Å²) in [4.78, 5) is 13.8. The van der Waals surface area contributed by atoms with Gasteiger partial charge in [0.2, 0.25) is 0 Å². The van der Waals surface area contributed by atoms with Gasteiger partial charge in [-0.3, -0.25) is 4.79 Å². The van der Waals surface area contributed by atoms with Gasteiger partial charge in [-0.05, 0) is 50.3 Å². The minimum atomic E-state index is 0.0593. The molecule has 0 fully saturated rings. The zero-order valence-electron chi connectivity index (χ0n) is 13.0. The van der Waals surface area contributed by atoms with Crippen LogP contribution in [0.15, 0.2) is 42.5 Å². The van der Waals surface area contributed by atoms with Crippen LogP contribution in [0.3, 0.4) is 0 Å².